The first-order valence-corrected chi connectivity index (χ1v) is 4.83. The second-order valence-electron chi connectivity index (χ2n) is 1.89. The summed E-state index contributed by atoms with van der Waals surface area (Å²) in [5.74, 6) is 0. The van der Waals surface area contributed by atoms with Crippen LogP contribution in [-0.4, -0.2) is 22.5 Å². The highest BCUT2D eigenvalue weighted by Crippen LogP contribution is 1.87. The zero-order valence-electron chi connectivity index (χ0n) is 5.14. The van der Waals surface area contributed by atoms with Crippen molar-refractivity contribution in [3.8, 4) is 0 Å². The first kappa shape index (κ1) is 7.24. The van der Waals surface area contributed by atoms with Gasteiger partial charge in [0.05, 0.1) is 7.44 Å². The van der Waals surface area contributed by atoms with E-state index in [1.54, 1.807) is 0 Å². The summed E-state index contributed by atoms with van der Waals surface area (Å²) in [5, 5.41) is 0. The summed E-state index contributed by atoms with van der Waals surface area (Å²) in [4.78, 5) is 0. The van der Waals surface area contributed by atoms with E-state index in [9.17, 15) is 0 Å². The van der Waals surface area contributed by atoms with Crippen molar-refractivity contribution in [2.75, 3.05) is 0 Å². The molecule has 0 spiro atoms. The molecule has 0 fully saturated rings. The minimum Gasteiger partial charge on any atom is -0.428 e. The van der Waals surface area contributed by atoms with E-state index in [4.69, 9.17) is 11.9 Å². The fourth-order valence-electron chi connectivity index (χ4n) is 0.429. The first-order chi connectivity index (χ1) is 3.13. The lowest BCUT2D eigenvalue weighted by Gasteiger charge is -2.09. The molecule has 0 bridgehead atoms. The molecule has 2 radical (unpaired) electrons. The van der Waals surface area contributed by atoms with Crippen LogP contribution in [0.1, 0.15) is 13.8 Å². The summed E-state index contributed by atoms with van der Waals surface area (Å²) in [5.41, 5.74) is 0. The highest BCUT2D eigenvalue weighted by molar-refractivity contribution is 6.98. The van der Waals surface area contributed by atoms with Crippen molar-refractivity contribution in [1.82, 2.24) is 0 Å². The van der Waals surface area contributed by atoms with Crippen LogP contribution in [0.5, 0.6) is 0 Å². The number of hydrogen-bond donors (Lipinski definition) is 0. The highest BCUT2D eigenvalue weighted by Gasteiger charge is 1.95. The molecule has 7 heavy (non-hydrogen) atoms. The van der Waals surface area contributed by atoms with E-state index in [0.717, 1.165) is 0 Å². The molecule has 0 aromatic heterocycles. The summed E-state index contributed by atoms with van der Waals surface area (Å²) in [7, 11) is 4.18. The zero-order chi connectivity index (χ0) is 5.86. The molecule has 1 atom stereocenters. The molecule has 0 aliphatic heterocycles. The molecule has 0 saturated carbocycles. The molecule has 0 aromatic carbocycles. The van der Waals surface area contributed by atoms with Gasteiger partial charge in [0.25, 0.3) is 0 Å². The Morgan fingerprint density at radius 1 is 1.57 bits per heavy atom. The van der Waals surface area contributed by atoms with Gasteiger partial charge in [0.2, 0.25) is 0 Å². The van der Waals surface area contributed by atoms with Gasteiger partial charge in [-0.15, -0.1) is 0 Å². The van der Waals surface area contributed by atoms with Gasteiger partial charge in [0.1, 0.15) is 8.91 Å². The van der Waals surface area contributed by atoms with Crippen LogP contribution in [0, 0.1) is 0 Å². The molecular weight excluding hydrogens is 103 g/mol. The van der Waals surface area contributed by atoms with Crippen molar-refractivity contribution in [3.05, 3.63) is 0 Å². The Balaban J connectivity index is 2.95. The molecule has 0 saturated heterocycles. The van der Waals surface area contributed by atoms with Crippen LogP contribution in [0.15, 0.2) is 0 Å². The summed E-state index contributed by atoms with van der Waals surface area (Å²) in [6, 6.07) is 0. The maximum atomic E-state index is 5.41. The van der Waals surface area contributed by atoms with Gasteiger partial charge in [-0.25, -0.2) is 0 Å². The van der Waals surface area contributed by atoms with Crippen LogP contribution < -0.4 is 0 Å². The normalized spacial score (nSPS) is 14.9. The van der Waals surface area contributed by atoms with E-state index >= 15 is 0 Å². The molecule has 0 N–H and O–H groups in total. The fraction of sp³-hybridized carbons (Fsp3) is 1.00. The van der Waals surface area contributed by atoms with Gasteiger partial charge in [-0.3, -0.25) is 0 Å². The van der Waals surface area contributed by atoms with Gasteiger partial charge in [0.15, 0.2) is 0 Å². The van der Waals surface area contributed by atoms with Crippen molar-refractivity contribution < 1.29 is 4.43 Å². The smallest absolute Gasteiger partial charge is 0.124 e. The van der Waals surface area contributed by atoms with Crippen LogP contribution in [0.3, 0.4) is 0 Å². The maximum Gasteiger partial charge on any atom is 0.124 e. The molecule has 0 aromatic rings. The Morgan fingerprint density at radius 2 is 2.00 bits per heavy atom. The molecule has 0 rings (SSSR count). The van der Waals surface area contributed by atoms with E-state index in [1.807, 2.05) is 20.4 Å². The lowest BCUT2D eigenvalue weighted by Crippen LogP contribution is -2.18. The van der Waals surface area contributed by atoms with Gasteiger partial charge in [-0.05, 0) is 13.8 Å². The quantitative estimate of drug-likeness (QED) is 0.473. The molecule has 0 amide bonds. The highest BCUT2D eigenvalue weighted by atomic mass is 28.3. The van der Waals surface area contributed by atoms with Gasteiger partial charge in [-0.2, -0.15) is 0 Å². The Kier molecular flexibility index (Phi) is 3.38. The average Bonchev–Trinajstić information content (AvgIpc) is 1.27. The Morgan fingerprint density at radius 3 is 2.00 bits per heavy atom. The molecule has 0 aliphatic carbocycles. The van der Waals surface area contributed by atoms with E-state index in [1.165, 1.54) is 0 Å². The topological polar surface area (TPSA) is 9.23 Å². The minimum absolute atomic E-state index is 0.312. The first-order valence-electron chi connectivity index (χ1n) is 2.54. The van der Waals surface area contributed by atoms with Crippen molar-refractivity contribution >= 4 is 16.3 Å². The molecule has 3 heteroatoms. The lowest BCUT2D eigenvalue weighted by molar-refractivity contribution is 0.253. The molecular formula is C4H11BOSi. The van der Waals surface area contributed by atoms with Crippen LogP contribution in [0.4, 0.5) is 0 Å². The number of hydrogen-bond acceptors (Lipinski definition) is 1. The molecule has 1 nitrogen and oxygen atoms in total. The van der Waals surface area contributed by atoms with Crippen LogP contribution in [0.25, 0.3) is 0 Å². The fourth-order valence-corrected chi connectivity index (χ4v) is 1.29. The standard InChI is InChI=1S/C4H11BOSi/c1-4(2)6-7(3)5/h4,7H,1-3H3. The predicted molar refractivity (Wildman–Crippen MR) is 35.0 cm³/mol. The van der Waals surface area contributed by atoms with Crippen LogP contribution in [0.2, 0.25) is 6.55 Å². The van der Waals surface area contributed by atoms with Gasteiger partial charge in [0, 0.05) is 6.10 Å². The summed E-state index contributed by atoms with van der Waals surface area (Å²) in [6.07, 6.45) is 0.312. The SMILES string of the molecule is [B][SiH](C)OC(C)C. The predicted octanol–water partition coefficient (Wildman–Crippen LogP) is 0.430. The van der Waals surface area contributed by atoms with Gasteiger partial charge in [-0.1, -0.05) is 6.55 Å². The summed E-state index contributed by atoms with van der Waals surface area (Å²) >= 11 is 0. The third kappa shape index (κ3) is 6.24. The van der Waals surface area contributed by atoms with Crippen molar-refractivity contribution in [2.24, 2.45) is 0 Å². The molecule has 1 unspecified atom stereocenters. The third-order valence-electron chi connectivity index (χ3n) is 0.487. The second kappa shape index (κ2) is 3.27. The van der Waals surface area contributed by atoms with E-state index < -0.39 is 8.91 Å². The maximum absolute atomic E-state index is 5.41. The molecule has 0 aliphatic rings. The largest absolute Gasteiger partial charge is 0.428 e. The molecule has 0 heterocycles. The Hall–Kier alpha value is 0.242. The van der Waals surface area contributed by atoms with Crippen LogP contribution in [-0.2, 0) is 4.43 Å². The monoisotopic (exact) mass is 114 g/mol. The second-order valence-corrected chi connectivity index (χ2v) is 3.57. The Bertz CT molecular complexity index is 41.0. The third-order valence-corrected chi connectivity index (χ3v) is 1.46. The number of rotatable bonds is 2. The Labute approximate surface area is 48.1 Å². The van der Waals surface area contributed by atoms with Gasteiger partial charge < -0.3 is 4.43 Å². The van der Waals surface area contributed by atoms with E-state index in [0.29, 0.717) is 6.10 Å². The van der Waals surface area contributed by atoms with Crippen molar-refractivity contribution in [1.29, 1.82) is 0 Å². The lowest BCUT2D eigenvalue weighted by atomic mass is 10.5. The van der Waals surface area contributed by atoms with Crippen LogP contribution >= 0.6 is 0 Å². The average molecular weight is 114 g/mol. The summed E-state index contributed by atoms with van der Waals surface area (Å²) < 4.78 is 5.17. The minimum atomic E-state index is -1.23. The van der Waals surface area contributed by atoms with Crippen molar-refractivity contribution in [2.45, 2.75) is 26.5 Å². The van der Waals surface area contributed by atoms with Crippen molar-refractivity contribution in [3.63, 3.8) is 0 Å². The summed E-state index contributed by atoms with van der Waals surface area (Å²) in [6.45, 7) is 5.95. The van der Waals surface area contributed by atoms with E-state index in [-0.39, 0.29) is 0 Å². The van der Waals surface area contributed by atoms with E-state index in [2.05, 4.69) is 0 Å². The molecule has 40 valence electrons. The van der Waals surface area contributed by atoms with Gasteiger partial charge >= 0.3 is 0 Å². The zero-order valence-corrected chi connectivity index (χ0v) is 6.29.